The van der Waals surface area contributed by atoms with Gasteiger partial charge in [0.15, 0.2) is 5.79 Å². The molecule has 0 bridgehead atoms. The molecule has 0 amide bonds. The number of Topliss-reactive ketones (excluding diaryl/α,β-unsaturated/α-hetero) is 1. The molecule has 0 aromatic heterocycles. The molecule has 356 valence electrons. The van der Waals surface area contributed by atoms with Gasteiger partial charge in [0, 0.05) is 36.3 Å². The van der Waals surface area contributed by atoms with Crippen LogP contribution < -0.4 is 20.1 Å². The number of ketones is 1. The summed E-state index contributed by atoms with van der Waals surface area (Å²) in [6.07, 6.45) is 3.12. The molecule has 3 saturated heterocycles. The number of carbonyl (C=O) groups is 1. The zero-order valence-electron chi connectivity index (χ0n) is 43.1. The van der Waals surface area contributed by atoms with Crippen molar-refractivity contribution in [3.8, 4) is 33.8 Å². The zero-order chi connectivity index (χ0) is 48.6. The highest BCUT2D eigenvalue weighted by Gasteiger charge is 2.58. The number of aliphatic hydroxyl groups is 2. The summed E-state index contributed by atoms with van der Waals surface area (Å²) >= 11 is 0. The van der Waals surface area contributed by atoms with Crippen LogP contribution in [-0.4, -0.2) is 83.1 Å². The van der Waals surface area contributed by atoms with Crippen molar-refractivity contribution in [2.45, 2.75) is 163 Å². The summed E-state index contributed by atoms with van der Waals surface area (Å²) in [5.41, 5.74) is 15.9. The molecule has 2 N–H and O–H groups in total. The van der Waals surface area contributed by atoms with E-state index in [4.69, 9.17) is 29.2 Å². The van der Waals surface area contributed by atoms with E-state index < -0.39 is 21.6 Å². The highest BCUT2D eigenvalue weighted by Crippen LogP contribution is 2.70. The van der Waals surface area contributed by atoms with Gasteiger partial charge >= 0.3 is 0 Å². The van der Waals surface area contributed by atoms with Gasteiger partial charge in [0.1, 0.15) is 17.3 Å². The van der Waals surface area contributed by atoms with Crippen LogP contribution in [0.5, 0.6) is 11.5 Å². The van der Waals surface area contributed by atoms with Crippen LogP contribution in [0.2, 0.25) is 0 Å². The minimum absolute atomic E-state index is 0.0315. The molecule has 0 aliphatic carbocycles. The van der Waals surface area contributed by atoms with Crippen LogP contribution in [0.25, 0.3) is 22.3 Å². The number of carbonyl (C=O) groups excluding carboxylic acids is 1. The predicted octanol–water partition coefficient (Wildman–Crippen LogP) is 12.4. The van der Waals surface area contributed by atoms with Crippen LogP contribution in [0.4, 0.5) is 0 Å². The van der Waals surface area contributed by atoms with Gasteiger partial charge < -0.3 is 29.2 Å². The number of hydrogen-bond donors (Lipinski definition) is 2. The van der Waals surface area contributed by atoms with E-state index in [9.17, 15) is 4.79 Å². The first-order valence-electron chi connectivity index (χ1n) is 23.3. The van der Waals surface area contributed by atoms with Crippen molar-refractivity contribution in [1.82, 2.24) is 0 Å². The van der Waals surface area contributed by atoms with E-state index in [2.05, 4.69) is 159 Å². The number of ether oxygens (including phenoxy) is 4. The highest BCUT2D eigenvalue weighted by atomic mass is 31.1. The predicted molar refractivity (Wildman–Crippen MR) is 276 cm³/mol. The lowest BCUT2D eigenvalue weighted by Gasteiger charge is -2.56. The normalized spacial score (nSPS) is 19.5. The number of aliphatic hydroxyl groups excluding tert-OH is 2. The summed E-state index contributed by atoms with van der Waals surface area (Å²) in [5, 5.41) is 17.9. The summed E-state index contributed by atoms with van der Waals surface area (Å²) in [6.45, 7) is 37.6. The number of rotatable bonds is 7. The molecular formula is C56H80O7P2. The Bertz CT molecular complexity index is 2280. The van der Waals surface area contributed by atoms with Crippen LogP contribution in [-0.2, 0) is 14.3 Å². The van der Waals surface area contributed by atoms with Crippen LogP contribution in [0.3, 0.4) is 0 Å². The Morgan fingerprint density at radius 3 is 1.14 bits per heavy atom. The first kappa shape index (κ1) is 52.8. The standard InChI is InChI=1S/C28H39O3P.C26H35O2P.C2H6O2/c1-18-14-20(3)23(21(4)15-18)24-19(2)10-11-22(29-9)25(24)32-26(5,6)16-28(17-27(32,7)8)30-12-13-31-28;1-16-12-18(3)22(19(4)13-16)23-17(2)10-11-21(28-9)24(23)29-25(5,6)14-20(27)15-26(29,7)8;3-1-2-4/h10-11,14-15H,12-13,16-17H2,1-9H3;10-13H,14-15H2,1-9H3;3-4H,1-2H2. The third kappa shape index (κ3) is 10.9. The Morgan fingerprint density at radius 1 is 0.508 bits per heavy atom. The van der Waals surface area contributed by atoms with Gasteiger partial charge in [-0.25, -0.2) is 0 Å². The molecule has 3 fully saturated rings. The fourth-order valence-corrected chi connectivity index (χ4v) is 21.1. The van der Waals surface area contributed by atoms with Crippen LogP contribution >= 0.6 is 15.8 Å². The van der Waals surface area contributed by atoms with Crippen molar-refractivity contribution >= 4 is 32.2 Å². The van der Waals surface area contributed by atoms with Gasteiger partial charge in [0.05, 0.1) is 40.6 Å². The maximum Gasteiger partial charge on any atom is 0.170 e. The molecule has 3 aliphatic heterocycles. The summed E-state index contributed by atoms with van der Waals surface area (Å²) in [4.78, 5) is 12.6. The van der Waals surface area contributed by atoms with Crippen molar-refractivity contribution in [2.24, 2.45) is 0 Å². The average molecular weight is 927 g/mol. The second kappa shape index (κ2) is 20.2. The van der Waals surface area contributed by atoms with Gasteiger partial charge in [-0.2, -0.15) is 0 Å². The smallest absolute Gasteiger partial charge is 0.170 e. The molecule has 3 heterocycles. The second-order valence-corrected chi connectivity index (χ2v) is 28.5. The van der Waals surface area contributed by atoms with E-state index in [-0.39, 0.29) is 33.8 Å². The van der Waals surface area contributed by atoms with E-state index in [1.165, 1.54) is 77.4 Å². The van der Waals surface area contributed by atoms with Crippen molar-refractivity contribution in [1.29, 1.82) is 0 Å². The van der Waals surface area contributed by atoms with Gasteiger partial charge in [-0.05, 0) is 144 Å². The van der Waals surface area contributed by atoms with E-state index in [0.717, 1.165) is 24.3 Å². The Kier molecular flexibility index (Phi) is 16.4. The molecule has 4 aromatic rings. The summed E-state index contributed by atoms with van der Waals surface area (Å²) in [7, 11) is 2.35. The number of benzene rings is 4. The Morgan fingerprint density at radius 2 is 0.831 bits per heavy atom. The van der Waals surface area contributed by atoms with E-state index in [0.29, 0.717) is 31.8 Å². The number of methoxy groups -OCH3 is 2. The quantitative estimate of drug-likeness (QED) is 0.178. The third-order valence-corrected chi connectivity index (χ3v) is 20.7. The summed E-state index contributed by atoms with van der Waals surface area (Å²) in [6, 6.07) is 17.9. The van der Waals surface area contributed by atoms with Gasteiger partial charge in [0.2, 0.25) is 0 Å². The molecule has 0 unspecified atom stereocenters. The topological polar surface area (TPSA) is 94.5 Å². The van der Waals surface area contributed by atoms with Crippen LogP contribution in [0.1, 0.15) is 126 Å². The molecule has 1 spiro atoms. The SMILES string of the molecule is COc1ccc(C)c(-c2c(C)cc(C)cc2C)c1P1C(C)(C)CC(=O)CC1(C)C.COc1ccc(C)c(-c2c(C)cc(C)cc2C)c1P1C(C)(C)CC2(CC1(C)C)OCCO2.OCCO. The van der Waals surface area contributed by atoms with Gasteiger partial charge in [-0.15, -0.1) is 0 Å². The second-order valence-electron chi connectivity index (χ2n) is 21.4. The van der Waals surface area contributed by atoms with Gasteiger partial charge in [-0.3, -0.25) is 4.79 Å². The lowest BCUT2D eigenvalue weighted by molar-refractivity contribution is -0.178. The summed E-state index contributed by atoms with van der Waals surface area (Å²) in [5.74, 6) is 1.92. The Labute approximate surface area is 394 Å². The number of aryl methyl sites for hydroxylation is 8. The fraction of sp³-hybridized carbons (Fsp3) is 0.554. The van der Waals surface area contributed by atoms with E-state index in [1.807, 2.05) is 7.11 Å². The largest absolute Gasteiger partial charge is 0.496 e. The molecule has 7 nitrogen and oxygen atoms in total. The van der Waals surface area contributed by atoms with Crippen molar-refractivity contribution < 1.29 is 34.0 Å². The minimum atomic E-state index is -0.645. The van der Waals surface area contributed by atoms with E-state index >= 15 is 0 Å². The average Bonchev–Trinajstić information content (AvgIpc) is 3.60. The fourth-order valence-electron chi connectivity index (χ4n) is 12.2. The Hall–Kier alpha value is -3.15. The van der Waals surface area contributed by atoms with Gasteiger partial charge in [-0.1, -0.05) is 119 Å². The lowest BCUT2D eigenvalue weighted by atomic mass is 9.90. The molecule has 0 radical (unpaired) electrons. The maximum atomic E-state index is 12.6. The van der Waals surface area contributed by atoms with Gasteiger partial charge in [0.25, 0.3) is 0 Å². The molecule has 0 saturated carbocycles. The Balaban J connectivity index is 0.000000227. The number of hydrogen-bond acceptors (Lipinski definition) is 7. The molecule has 0 atom stereocenters. The molecule has 9 heteroatoms. The third-order valence-electron chi connectivity index (χ3n) is 13.4. The van der Waals surface area contributed by atoms with Crippen molar-refractivity contribution in [2.75, 3.05) is 40.6 Å². The summed E-state index contributed by atoms with van der Waals surface area (Å²) < 4.78 is 24.5. The van der Waals surface area contributed by atoms with Crippen molar-refractivity contribution in [3.63, 3.8) is 0 Å². The van der Waals surface area contributed by atoms with Crippen LogP contribution in [0.15, 0.2) is 48.5 Å². The molecule has 4 aromatic carbocycles. The van der Waals surface area contributed by atoms with E-state index in [1.54, 1.807) is 7.11 Å². The first-order chi connectivity index (χ1) is 30.2. The first-order valence-corrected chi connectivity index (χ1v) is 26.0. The zero-order valence-corrected chi connectivity index (χ0v) is 44.9. The maximum absolute atomic E-state index is 12.6. The molecule has 65 heavy (non-hydrogen) atoms. The van der Waals surface area contributed by atoms with Crippen molar-refractivity contribution in [3.05, 3.63) is 93.0 Å². The lowest BCUT2D eigenvalue weighted by Crippen LogP contribution is -2.52. The minimum Gasteiger partial charge on any atom is -0.496 e. The molecule has 7 rings (SSSR count). The highest BCUT2D eigenvalue weighted by molar-refractivity contribution is 7.69. The van der Waals surface area contributed by atoms with Crippen LogP contribution in [0, 0.1) is 55.4 Å². The molecule has 3 aliphatic rings. The monoisotopic (exact) mass is 927 g/mol. The molecular weight excluding hydrogens is 847 g/mol.